The van der Waals surface area contributed by atoms with Crippen molar-refractivity contribution in [3.63, 3.8) is 0 Å². The smallest absolute Gasteiger partial charge is 0.345 e. The fourth-order valence-corrected chi connectivity index (χ4v) is 3.55. The van der Waals surface area contributed by atoms with E-state index in [1.807, 2.05) is 6.92 Å². The van der Waals surface area contributed by atoms with Crippen LogP contribution in [0.3, 0.4) is 0 Å². The van der Waals surface area contributed by atoms with Gasteiger partial charge in [-0.25, -0.2) is 9.48 Å². The van der Waals surface area contributed by atoms with Gasteiger partial charge in [-0.15, -0.1) is 0 Å². The lowest BCUT2D eigenvalue weighted by atomic mass is 9.95. The molecule has 0 unspecified atom stereocenters. The molecular weight excluding hydrogens is 334 g/mol. The van der Waals surface area contributed by atoms with Crippen LogP contribution in [0.1, 0.15) is 61.6 Å². The zero-order valence-corrected chi connectivity index (χ0v) is 15.9. The first-order valence-electron chi connectivity index (χ1n) is 9.29. The third-order valence-electron chi connectivity index (χ3n) is 4.89. The minimum Gasteiger partial charge on any atom is -0.351 e. The van der Waals surface area contributed by atoms with Crippen molar-refractivity contribution >= 4 is 5.91 Å². The van der Waals surface area contributed by atoms with Crippen LogP contribution in [0.5, 0.6) is 0 Å². The average molecular weight is 361 g/mol. The van der Waals surface area contributed by atoms with E-state index in [0.717, 1.165) is 30.8 Å². The summed E-state index contributed by atoms with van der Waals surface area (Å²) in [6, 6.07) is 1.75. The molecule has 0 spiro atoms. The topological polar surface area (TPSA) is 86.2 Å². The second-order valence-corrected chi connectivity index (χ2v) is 7.36. The van der Waals surface area contributed by atoms with Crippen molar-refractivity contribution in [2.75, 3.05) is 13.1 Å². The van der Waals surface area contributed by atoms with Gasteiger partial charge in [0.25, 0.3) is 5.91 Å². The summed E-state index contributed by atoms with van der Waals surface area (Å²) in [6.45, 7) is 8.01. The number of hydrogen-bond donors (Lipinski definition) is 0. The van der Waals surface area contributed by atoms with Gasteiger partial charge in [0.15, 0.2) is 0 Å². The van der Waals surface area contributed by atoms with E-state index in [0.29, 0.717) is 31.3 Å². The van der Waals surface area contributed by atoms with E-state index in [1.54, 1.807) is 22.6 Å². The Hall–Kier alpha value is -2.38. The molecule has 26 heavy (non-hydrogen) atoms. The maximum Gasteiger partial charge on any atom is 0.345 e. The van der Waals surface area contributed by atoms with Gasteiger partial charge >= 0.3 is 5.69 Å². The van der Waals surface area contributed by atoms with Crippen LogP contribution in [0.2, 0.25) is 0 Å². The minimum absolute atomic E-state index is 0.0830. The van der Waals surface area contributed by atoms with Crippen molar-refractivity contribution in [1.29, 1.82) is 0 Å². The lowest BCUT2D eigenvalue weighted by Gasteiger charge is -2.30. The van der Waals surface area contributed by atoms with E-state index in [1.165, 1.54) is 4.68 Å². The van der Waals surface area contributed by atoms with E-state index in [9.17, 15) is 9.59 Å². The molecule has 0 aromatic carbocycles. The summed E-state index contributed by atoms with van der Waals surface area (Å²) in [7, 11) is 1.68. The summed E-state index contributed by atoms with van der Waals surface area (Å²) in [4.78, 5) is 26.5. The first-order chi connectivity index (χ1) is 12.4. The van der Waals surface area contributed by atoms with Gasteiger partial charge in [0, 0.05) is 38.7 Å². The molecule has 3 heterocycles. The van der Waals surface area contributed by atoms with Crippen molar-refractivity contribution in [3.05, 3.63) is 33.8 Å². The molecule has 142 valence electrons. The Morgan fingerprint density at radius 1 is 1.35 bits per heavy atom. The highest BCUT2D eigenvalue weighted by molar-refractivity contribution is 5.91. The summed E-state index contributed by atoms with van der Waals surface area (Å²) in [5, 5.41) is 8.40. The number of carbonyl (C=O) groups is 1. The summed E-state index contributed by atoms with van der Waals surface area (Å²) in [6.07, 6.45) is 2.37. The van der Waals surface area contributed by atoms with E-state index >= 15 is 0 Å². The molecule has 3 rings (SSSR count). The van der Waals surface area contributed by atoms with Gasteiger partial charge in [-0.1, -0.05) is 19.0 Å². The SMILES string of the molecule is CCn1c(C2CCN(C(=O)c3cc(CC(C)C)no3)CC2)nn(C)c1=O. The Morgan fingerprint density at radius 2 is 2.04 bits per heavy atom. The maximum absolute atomic E-state index is 12.6. The number of amides is 1. The molecule has 1 saturated heterocycles. The van der Waals surface area contributed by atoms with E-state index in [4.69, 9.17) is 4.52 Å². The quantitative estimate of drug-likeness (QED) is 0.811. The third-order valence-corrected chi connectivity index (χ3v) is 4.89. The van der Waals surface area contributed by atoms with E-state index in [-0.39, 0.29) is 17.5 Å². The van der Waals surface area contributed by atoms with Gasteiger partial charge in [0.1, 0.15) is 5.82 Å². The molecule has 1 aliphatic rings. The van der Waals surface area contributed by atoms with Gasteiger partial charge in [0.05, 0.1) is 5.69 Å². The number of hydrogen-bond acceptors (Lipinski definition) is 5. The Labute approximate surface area is 152 Å². The normalized spacial score (nSPS) is 15.8. The van der Waals surface area contributed by atoms with Crippen LogP contribution in [-0.2, 0) is 20.0 Å². The van der Waals surface area contributed by atoms with Crippen molar-refractivity contribution in [2.24, 2.45) is 13.0 Å². The minimum atomic E-state index is -0.111. The van der Waals surface area contributed by atoms with Crippen molar-refractivity contribution in [2.45, 2.75) is 52.5 Å². The van der Waals surface area contributed by atoms with Crippen molar-refractivity contribution in [3.8, 4) is 0 Å². The Bertz CT molecular complexity index is 824. The number of aryl methyl sites for hydroxylation is 1. The van der Waals surface area contributed by atoms with Crippen LogP contribution in [0.4, 0.5) is 0 Å². The zero-order chi connectivity index (χ0) is 18.8. The summed E-state index contributed by atoms with van der Waals surface area (Å²) < 4.78 is 8.35. The molecule has 0 bridgehead atoms. The second-order valence-electron chi connectivity index (χ2n) is 7.36. The molecule has 0 radical (unpaired) electrons. The molecule has 2 aromatic rings. The monoisotopic (exact) mass is 361 g/mol. The highest BCUT2D eigenvalue weighted by Crippen LogP contribution is 2.27. The van der Waals surface area contributed by atoms with Gasteiger partial charge in [-0.3, -0.25) is 9.36 Å². The number of nitrogens with zero attached hydrogens (tertiary/aromatic N) is 5. The number of carbonyl (C=O) groups excluding carboxylic acids is 1. The maximum atomic E-state index is 12.6. The van der Waals surface area contributed by atoms with Gasteiger partial charge in [0.2, 0.25) is 5.76 Å². The molecule has 0 N–H and O–H groups in total. The highest BCUT2D eigenvalue weighted by Gasteiger charge is 2.29. The first kappa shape index (κ1) is 18.4. The van der Waals surface area contributed by atoms with Crippen LogP contribution >= 0.6 is 0 Å². The number of piperidine rings is 1. The molecule has 8 heteroatoms. The van der Waals surface area contributed by atoms with E-state index in [2.05, 4.69) is 24.1 Å². The summed E-state index contributed by atoms with van der Waals surface area (Å²) in [5.41, 5.74) is 0.735. The fourth-order valence-electron chi connectivity index (χ4n) is 3.55. The second kappa shape index (κ2) is 7.47. The molecule has 1 aliphatic heterocycles. The third kappa shape index (κ3) is 3.59. The van der Waals surface area contributed by atoms with Crippen LogP contribution < -0.4 is 5.69 Å². The lowest BCUT2D eigenvalue weighted by molar-refractivity contribution is 0.0668. The Morgan fingerprint density at radius 3 is 2.65 bits per heavy atom. The van der Waals surface area contributed by atoms with Crippen molar-refractivity contribution < 1.29 is 9.32 Å². The fraction of sp³-hybridized carbons (Fsp3) is 0.667. The number of rotatable bonds is 5. The summed E-state index contributed by atoms with van der Waals surface area (Å²) in [5.74, 6) is 1.68. The standard InChI is InChI=1S/C18H27N5O3/c1-5-23-16(19-21(4)18(23)25)13-6-8-22(9-7-13)17(24)15-11-14(20-26-15)10-12(2)3/h11-13H,5-10H2,1-4H3. The Balaban J connectivity index is 1.65. The molecule has 0 saturated carbocycles. The van der Waals surface area contributed by atoms with Crippen LogP contribution in [0, 0.1) is 5.92 Å². The summed E-state index contributed by atoms with van der Waals surface area (Å²) >= 11 is 0. The highest BCUT2D eigenvalue weighted by atomic mass is 16.5. The molecule has 1 fully saturated rings. The van der Waals surface area contributed by atoms with Gasteiger partial charge in [-0.05, 0) is 32.1 Å². The Kier molecular flexibility index (Phi) is 5.29. The first-order valence-corrected chi connectivity index (χ1v) is 9.29. The molecule has 0 atom stereocenters. The van der Waals surface area contributed by atoms with Crippen LogP contribution in [-0.4, -0.2) is 43.4 Å². The predicted molar refractivity (Wildman–Crippen MR) is 96.1 cm³/mol. The van der Waals surface area contributed by atoms with Crippen molar-refractivity contribution in [1.82, 2.24) is 24.4 Å². The van der Waals surface area contributed by atoms with Gasteiger partial charge in [-0.2, -0.15) is 5.10 Å². The number of aromatic nitrogens is 4. The molecule has 1 amide bonds. The predicted octanol–water partition coefficient (Wildman–Crippen LogP) is 1.81. The zero-order valence-electron chi connectivity index (χ0n) is 15.9. The van der Waals surface area contributed by atoms with Crippen LogP contribution in [0.25, 0.3) is 0 Å². The largest absolute Gasteiger partial charge is 0.351 e. The van der Waals surface area contributed by atoms with Crippen LogP contribution in [0.15, 0.2) is 15.4 Å². The molecule has 8 nitrogen and oxygen atoms in total. The molecule has 0 aliphatic carbocycles. The molecule has 2 aromatic heterocycles. The lowest BCUT2D eigenvalue weighted by Crippen LogP contribution is -2.38. The van der Waals surface area contributed by atoms with E-state index < -0.39 is 0 Å². The average Bonchev–Trinajstić information content (AvgIpc) is 3.19. The number of likely N-dealkylation sites (tertiary alicyclic amines) is 1. The van der Waals surface area contributed by atoms with Gasteiger partial charge < -0.3 is 9.42 Å². The molecular formula is C18H27N5O3.